The Morgan fingerprint density at radius 3 is 2.64 bits per heavy atom. The molecule has 1 N–H and O–H groups in total. The van der Waals surface area contributed by atoms with Crippen molar-refractivity contribution in [1.82, 2.24) is 19.9 Å². The van der Waals surface area contributed by atoms with Crippen molar-refractivity contribution >= 4 is 22.9 Å². The molecule has 218 valence electrons. The maximum absolute atomic E-state index is 15.0. The van der Waals surface area contributed by atoms with Gasteiger partial charge in [0.05, 0.1) is 18.5 Å². The van der Waals surface area contributed by atoms with E-state index in [1.54, 1.807) is 4.68 Å². The van der Waals surface area contributed by atoms with Crippen molar-refractivity contribution in [2.45, 2.75) is 45.2 Å². The van der Waals surface area contributed by atoms with Gasteiger partial charge in [0.15, 0.2) is 0 Å². The summed E-state index contributed by atoms with van der Waals surface area (Å²) in [7, 11) is 0. The molecule has 4 aromatic rings. The topological polar surface area (TPSA) is 107 Å². The van der Waals surface area contributed by atoms with E-state index < -0.39 is 35.0 Å². The molecule has 1 unspecified atom stereocenters. The van der Waals surface area contributed by atoms with Crippen molar-refractivity contribution in [3.05, 3.63) is 87.5 Å². The lowest BCUT2D eigenvalue weighted by atomic mass is 9.83. The van der Waals surface area contributed by atoms with E-state index in [9.17, 15) is 14.7 Å². The number of carbonyl (C=O) groups is 2. The molecule has 6 heterocycles. The highest BCUT2D eigenvalue weighted by Crippen LogP contribution is 2.35. The largest absolute Gasteiger partial charge is 0.491 e. The Labute approximate surface area is 240 Å². The van der Waals surface area contributed by atoms with Crippen LogP contribution in [0.2, 0.25) is 0 Å². The van der Waals surface area contributed by atoms with E-state index in [-0.39, 0.29) is 31.9 Å². The molecule has 3 aromatic carbocycles. The SMILES string of the molecule is Cc1c2ccc3c1nnn3CCCOCCOc1cc(F)c(c(F)c1)C(=O)N1CCc3ccc(cc3C1)C2CC(=O)O. The summed E-state index contributed by atoms with van der Waals surface area (Å²) in [5.41, 5.74) is 5.19. The smallest absolute Gasteiger partial charge is 0.304 e. The zero-order valence-corrected chi connectivity index (χ0v) is 23.1. The van der Waals surface area contributed by atoms with Gasteiger partial charge < -0.3 is 19.5 Å². The molecule has 0 fully saturated rings. The third-order valence-corrected chi connectivity index (χ3v) is 8.05. The Morgan fingerprint density at radius 2 is 1.86 bits per heavy atom. The Balaban J connectivity index is 1.41. The summed E-state index contributed by atoms with van der Waals surface area (Å²) in [4.78, 5) is 26.7. The van der Waals surface area contributed by atoms with Crippen LogP contribution >= 0.6 is 0 Å². The zero-order valence-electron chi connectivity index (χ0n) is 23.1. The Morgan fingerprint density at radius 1 is 1.05 bits per heavy atom. The summed E-state index contributed by atoms with van der Waals surface area (Å²) < 4.78 is 42.9. The van der Waals surface area contributed by atoms with Gasteiger partial charge in [0.2, 0.25) is 0 Å². The fourth-order valence-electron chi connectivity index (χ4n) is 5.91. The number of ether oxygens (including phenoxy) is 2. The highest BCUT2D eigenvalue weighted by Gasteiger charge is 2.29. The summed E-state index contributed by atoms with van der Waals surface area (Å²) in [6, 6.07) is 11.7. The van der Waals surface area contributed by atoms with Gasteiger partial charge in [-0.05, 0) is 53.6 Å². The van der Waals surface area contributed by atoms with Crippen LogP contribution in [0.15, 0.2) is 42.5 Å². The number of hydrogen-bond acceptors (Lipinski definition) is 6. The van der Waals surface area contributed by atoms with Gasteiger partial charge in [-0.3, -0.25) is 9.59 Å². The first-order valence-corrected chi connectivity index (χ1v) is 13.9. The van der Waals surface area contributed by atoms with Gasteiger partial charge >= 0.3 is 5.97 Å². The van der Waals surface area contributed by atoms with E-state index in [0.717, 1.165) is 45.5 Å². The maximum atomic E-state index is 15.0. The number of carboxylic acids is 1. The predicted molar refractivity (Wildman–Crippen MR) is 149 cm³/mol. The second-order valence-electron chi connectivity index (χ2n) is 10.7. The third kappa shape index (κ3) is 5.32. The lowest BCUT2D eigenvalue weighted by Gasteiger charge is -2.30. The van der Waals surface area contributed by atoms with Crippen molar-refractivity contribution < 1.29 is 33.0 Å². The minimum atomic E-state index is -0.992. The number of rotatable bonds is 2. The molecule has 5 aliphatic heterocycles. The lowest BCUT2D eigenvalue weighted by Crippen LogP contribution is -2.37. The summed E-state index contributed by atoms with van der Waals surface area (Å²) in [6.45, 7) is 3.62. The van der Waals surface area contributed by atoms with Gasteiger partial charge in [-0.2, -0.15) is 0 Å². The molecule has 1 aromatic heterocycles. The molecule has 9 rings (SSSR count). The molecule has 0 saturated heterocycles. The number of benzene rings is 3. The van der Waals surface area contributed by atoms with Crippen molar-refractivity contribution in [1.29, 1.82) is 0 Å². The normalized spacial score (nSPS) is 17.7. The van der Waals surface area contributed by atoms with Crippen molar-refractivity contribution in [2.75, 3.05) is 26.4 Å². The van der Waals surface area contributed by atoms with E-state index in [1.807, 2.05) is 37.3 Å². The Bertz CT molecular complexity index is 1660. The van der Waals surface area contributed by atoms with Crippen molar-refractivity contribution in [3.63, 3.8) is 0 Å². The lowest BCUT2D eigenvalue weighted by molar-refractivity contribution is -0.137. The average Bonchev–Trinajstić information content (AvgIpc) is 3.38. The third-order valence-electron chi connectivity index (χ3n) is 8.05. The fourth-order valence-corrected chi connectivity index (χ4v) is 5.91. The number of halogens is 2. The first-order valence-electron chi connectivity index (χ1n) is 13.9. The zero-order chi connectivity index (χ0) is 29.4. The second kappa shape index (κ2) is 11.5. The molecular formula is C31H30F2N4O5. The fraction of sp³-hybridized carbons (Fsp3) is 0.355. The molecule has 0 aliphatic carbocycles. The highest BCUT2D eigenvalue weighted by molar-refractivity contribution is 5.95. The minimum Gasteiger partial charge on any atom is -0.491 e. The summed E-state index contributed by atoms with van der Waals surface area (Å²) >= 11 is 0. The number of aryl methyl sites for hydroxylation is 2. The van der Waals surface area contributed by atoms with Crippen LogP contribution in [0.1, 0.15) is 56.9 Å². The number of aromatic nitrogens is 3. The van der Waals surface area contributed by atoms with Crippen LogP contribution in [0.4, 0.5) is 8.78 Å². The minimum absolute atomic E-state index is 0.0229. The molecule has 1 amide bonds. The number of nitrogens with zero attached hydrogens (tertiary/aromatic N) is 4. The van der Waals surface area contributed by atoms with Crippen LogP contribution in [-0.4, -0.2) is 63.2 Å². The highest BCUT2D eigenvalue weighted by atomic mass is 19.1. The van der Waals surface area contributed by atoms with Gasteiger partial charge in [0.1, 0.15) is 35.1 Å². The molecule has 9 bridgehead atoms. The van der Waals surface area contributed by atoms with E-state index in [2.05, 4.69) is 10.3 Å². The van der Waals surface area contributed by atoms with E-state index in [4.69, 9.17) is 9.47 Å². The van der Waals surface area contributed by atoms with Crippen LogP contribution in [0, 0.1) is 18.6 Å². The Hall–Kier alpha value is -4.38. The first-order chi connectivity index (χ1) is 20.3. The number of aliphatic carboxylic acids is 1. The first kappa shape index (κ1) is 27.8. The van der Waals surface area contributed by atoms with E-state index >= 15 is 8.78 Å². The number of carbonyl (C=O) groups excluding carboxylic acids is 1. The monoisotopic (exact) mass is 576 g/mol. The van der Waals surface area contributed by atoms with E-state index in [1.165, 1.54) is 4.90 Å². The molecular weight excluding hydrogens is 546 g/mol. The summed E-state index contributed by atoms with van der Waals surface area (Å²) in [5, 5.41) is 18.6. The van der Waals surface area contributed by atoms with Gasteiger partial charge in [-0.1, -0.05) is 29.5 Å². The van der Waals surface area contributed by atoms with Gasteiger partial charge in [-0.25, -0.2) is 13.5 Å². The molecule has 9 nitrogen and oxygen atoms in total. The molecule has 0 spiro atoms. The van der Waals surface area contributed by atoms with Crippen molar-refractivity contribution in [2.24, 2.45) is 0 Å². The predicted octanol–water partition coefficient (Wildman–Crippen LogP) is 4.62. The van der Waals surface area contributed by atoms with Crippen LogP contribution in [0.5, 0.6) is 5.75 Å². The van der Waals surface area contributed by atoms with Crippen LogP contribution in [0.3, 0.4) is 0 Å². The average molecular weight is 577 g/mol. The quantitative estimate of drug-likeness (QED) is 0.371. The maximum Gasteiger partial charge on any atom is 0.304 e. The summed E-state index contributed by atoms with van der Waals surface area (Å²) in [6.07, 6.45) is 1.00. The van der Waals surface area contributed by atoms with Crippen LogP contribution in [0.25, 0.3) is 11.0 Å². The molecule has 1 atom stereocenters. The van der Waals surface area contributed by atoms with Gasteiger partial charge in [-0.15, -0.1) is 5.10 Å². The molecule has 0 radical (unpaired) electrons. The number of amides is 1. The Kier molecular flexibility index (Phi) is 7.59. The van der Waals surface area contributed by atoms with Crippen molar-refractivity contribution in [3.8, 4) is 5.75 Å². The van der Waals surface area contributed by atoms with Crippen LogP contribution < -0.4 is 4.74 Å². The number of hydrogen-bond donors (Lipinski definition) is 1. The molecule has 42 heavy (non-hydrogen) atoms. The van der Waals surface area contributed by atoms with Gasteiger partial charge in [0, 0.05) is 44.3 Å². The standard InChI is InChI=1S/C31H30F2N4O5/c1-18-23-5-6-27-30(18)34-35-37(27)8-2-10-41-11-12-42-22-14-25(32)29(26(33)15-22)31(40)36-9-7-19-3-4-20(13-21(19)17-36)24(23)16-28(38)39/h3-6,13-15,24H,2,7-12,16-17H2,1H3,(H,38,39). The van der Waals surface area contributed by atoms with Crippen LogP contribution in [-0.2, 0) is 29.0 Å². The van der Waals surface area contributed by atoms with E-state index in [0.29, 0.717) is 38.1 Å². The molecule has 0 saturated carbocycles. The van der Waals surface area contributed by atoms with Gasteiger partial charge in [0.25, 0.3) is 5.91 Å². The second-order valence-corrected chi connectivity index (χ2v) is 10.7. The summed E-state index contributed by atoms with van der Waals surface area (Å²) in [5.74, 6) is -4.19. The number of carboxylic acid groups (broad SMARTS) is 1. The molecule has 5 aliphatic rings. The molecule has 11 heteroatoms.